The molecule has 0 aliphatic carbocycles. The van der Waals surface area contributed by atoms with Crippen LogP contribution in [0, 0.1) is 0 Å². The molecule has 3 aromatic carbocycles. The number of phosphoric ester groups is 1. The lowest BCUT2D eigenvalue weighted by Crippen LogP contribution is -2.62. The molecular formula is C28H31N2O12P. The predicted molar refractivity (Wildman–Crippen MR) is 150 cm³/mol. The molecule has 0 amide bonds. The van der Waals surface area contributed by atoms with E-state index in [0.717, 1.165) is 5.56 Å². The zero-order chi connectivity index (χ0) is 31.1. The highest BCUT2D eigenvalue weighted by Gasteiger charge is 2.52. The maximum atomic E-state index is 13.1. The summed E-state index contributed by atoms with van der Waals surface area (Å²) in [5.41, 5.74) is 12.5. The molecule has 0 radical (unpaired) electrons. The van der Waals surface area contributed by atoms with Crippen molar-refractivity contribution in [2.75, 3.05) is 18.9 Å². The number of rotatable bonds is 11. The standard InChI is InChI=1S/C28H31N2O12P/c29-14-13-16-5-11-19(12-6-16)39-28-25(41-27(34)20-3-1-2-4-21(20)30)24(42-43(35,36)37)23(32)22(40-28)15-38-26(33)17-7-9-18(31)10-8-17/h1-12,22-25,28,31-32H,13-15,29-30H2,(H2,35,36,37)/t22-,23-,24+,25-,28-/m1/s1. The fraction of sp³-hybridized carbons (Fsp3) is 0.286. The number of ether oxygens (including phenoxy) is 4. The zero-order valence-electron chi connectivity index (χ0n) is 22.6. The average Bonchev–Trinajstić information content (AvgIpc) is 2.96. The summed E-state index contributed by atoms with van der Waals surface area (Å²) in [5.74, 6) is -1.72. The molecule has 1 aliphatic rings. The van der Waals surface area contributed by atoms with E-state index in [1.807, 2.05) is 0 Å². The van der Waals surface area contributed by atoms with Crippen molar-refractivity contribution in [2.45, 2.75) is 37.1 Å². The Bertz CT molecular complexity index is 1450. The number of phenolic OH excluding ortho intramolecular Hbond substituents is 1. The number of esters is 2. The van der Waals surface area contributed by atoms with Gasteiger partial charge in [-0.25, -0.2) is 14.2 Å². The van der Waals surface area contributed by atoms with Gasteiger partial charge in [-0.15, -0.1) is 0 Å². The number of para-hydroxylation sites is 1. The van der Waals surface area contributed by atoms with Crippen LogP contribution in [0.1, 0.15) is 26.3 Å². The maximum absolute atomic E-state index is 13.1. The summed E-state index contributed by atoms with van der Waals surface area (Å²) in [4.78, 5) is 45.0. The van der Waals surface area contributed by atoms with E-state index in [9.17, 15) is 34.2 Å². The number of anilines is 1. The van der Waals surface area contributed by atoms with Crippen LogP contribution in [0.4, 0.5) is 5.69 Å². The van der Waals surface area contributed by atoms with Crippen molar-refractivity contribution in [3.63, 3.8) is 0 Å². The van der Waals surface area contributed by atoms with Gasteiger partial charge in [0.15, 0.2) is 6.10 Å². The second-order valence-corrected chi connectivity index (χ2v) is 10.7. The minimum atomic E-state index is -5.30. The molecule has 3 aromatic rings. The van der Waals surface area contributed by atoms with Crippen LogP contribution < -0.4 is 16.2 Å². The Morgan fingerprint density at radius 3 is 2.23 bits per heavy atom. The normalized spacial score (nSPS) is 22.0. The number of hydrogen-bond donors (Lipinski definition) is 6. The third-order valence-corrected chi connectivity index (χ3v) is 6.91. The zero-order valence-corrected chi connectivity index (χ0v) is 23.5. The fourth-order valence-corrected chi connectivity index (χ4v) is 4.83. The molecule has 230 valence electrons. The largest absolute Gasteiger partial charge is 0.508 e. The number of carbonyl (C=O) groups is 2. The van der Waals surface area contributed by atoms with Crippen LogP contribution >= 0.6 is 7.82 Å². The van der Waals surface area contributed by atoms with Gasteiger partial charge in [0.1, 0.15) is 36.4 Å². The molecule has 0 spiro atoms. The number of phosphoric acid groups is 1. The van der Waals surface area contributed by atoms with Crippen molar-refractivity contribution >= 4 is 25.4 Å². The maximum Gasteiger partial charge on any atom is 0.470 e. The molecule has 8 N–H and O–H groups in total. The molecule has 4 rings (SSSR count). The first-order chi connectivity index (χ1) is 20.4. The van der Waals surface area contributed by atoms with Crippen LogP contribution in [-0.4, -0.2) is 75.8 Å². The van der Waals surface area contributed by atoms with Crippen LogP contribution in [0.3, 0.4) is 0 Å². The van der Waals surface area contributed by atoms with Crippen molar-refractivity contribution in [1.82, 2.24) is 0 Å². The van der Waals surface area contributed by atoms with E-state index in [-0.39, 0.29) is 28.3 Å². The first kappa shape index (κ1) is 31.9. The number of benzene rings is 3. The number of carbonyl (C=O) groups excluding carboxylic acids is 2. The van der Waals surface area contributed by atoms with Crippen LogP contribution in [0.15, 0.2) is 72.8 Å². The van der Waals surface area contributed by atoms with E-state index in [1.165, 1.54) is 42.5 Å². The first-order valence-electron chi connectivity index (χ1n) is 13.0. The molecule has 0 bridgehead atoms. The number of aromatic hydroxyl groups is 1. The molecule has 1 heterocycles. The predicted octanol–water partition coefficient (Wildman–Crippen LogP) is 1.50. The van der Waals surface area contributed by atoms with Gasteiger partial charge in [0, 0.05) is 5.69 Å². The summed E-state index contributed by atoms with van der Waals surface area (Å²) in [6.07, 6.45) is -8.04. The number of hydrogen-bond acceptors (Lipinski definition) is 12. The summed E-state index contributed by atoms with van der Waals surface area (Å²) in [5, 5.41) is 20.5. The molecule has 5 atom stereocenters. The molecule has 1 aliphatic heterocycles. The van der Waals surface area contributed by atoms with E-state index in [1.54, 1.807) is 30.3 Å². The van der Waals surface area contributed by atoms with Crippen LogP contribution in [0.2, 0.25) is 0 Å². The van der Waals surface area contributed by atoms with Gasteiger partial charge in [-0.1, -0.05) is 24.3 Å². The van der Waals surface area contributed by atoms with Gasteiger partial charge in [-0.3, -0.25) is 4.52 Å². The SMILES string of the molecule is NCCc1ccc(O[C@@H]2O[C@H](COC(=O)c3ccc(O)cc3)[C@@H](O)[C@H](OP(=O)(O)O)[C@H]2OC(=O)c2ccccc2N)cc1. The van der Waals surface area contributed by atoms with E-state index < -0.39 is 57.1 Å². The Kier molecular flexibility index (Phi) is 10.4. The van der Waals surface area contributed by atoms with Crippen molar-refractivity contribution in [1.29, 1.82) is 0 Å². The van der Waals surface area contributed by atoms with Gasteiger partial charge in [-0.05, 0) is 67.1 Å². The quantitative estimate of drug-likeness (QED) is 0.102. The van der Waals surface area contributed by atoms with Gasteiger partial charge >= 0.3 is 19.8 Å². The number of nitrogens with two attached hydrogens (primary N) is 2. The van der Waals surface area contributed by atoms with E-state index in [2.05, 4.69) is 0 Å². The molecule has 43 heavy (non-hydrogen) atoms. The highest BCUT2D eigenvalue weighted by molar-refractivity contribution is 7.46. The van der Waals surface area contributed by atoms with Crippen LogP contribution in [-0.2, 0) is 29.7 Å². The summed E-state index contributed by atoms with van der Waals surface area (Å²) >= 11 is 0. The van der Waals surface area contributed by atoms with Gasteiger partial charge in [0.25, 0.3) is 0 Å². The van der Waals surface area contributed by atoms with Crippen molar-refractivity contribution in [3.8, 4) is 11.5 Å². The molecule has 0 aromatic heterocycles. The highest BCUT2D eigenvalue weighted by Crippen LogP contribution is 2.42. The smallest absolute Gasteiger partial charge is 0.470 e. The van der Waals surface area contributed by atoms with Gasteiger partial charge in [0.2, 0.25) is 6.29 Å². The van der Waals surface area contributed by atoms with Crippen LogP contribution in [0.5, 0.6) is 11.5 Å². The minimum absolute atomic E-state index is 0.0595. The number of aliphatic hydroxyl groups is 1. The highest BCUT2D eigenvalue weighted by atomic mass is 31.2. The number of phenols is 1. The Hall–Kier alpha value is -4.01. The van der Waals surface area contributed by atoms with Crippen molar-refractivity contribution in [3.05, 3.63) is 89.5 Å². The Labute approximate surface area is 245 Å². The van der Waals surface area contributed by atoms with E-state index in [4.69, 9.17) is 34.9 Å². The summed E-state index contributed by atoms with van der Waals surface area (Å²) in [7, 11) is -5.30. The van der Waals surface area contributed by atoms with E-state index >= 15 is 0 Å². The number of nitrogen functional groups attached to an aromatic ring is 1. The van der Waals surface area contributed by atoms with Gasteiger partial charge in [-0.2, -0.15) is 0 Å². The molecule has 1 saturated heterocycles. The van der Waals surface area contributed by atoms with Crippen LogP contribution in [0.25, 0.3) is 0 Å². The third kappa shape index (κ3) is 8.52. The lowest BCUT2D eigenvalue weighted by Gasteiger charge is -2.43. The average molecular weight is 619 g/mol. The molecule has 15 heteroatoms. The topological polar surface area (TPSA) is 230 Å². The third-order valence-electron chi connectivity index (χ3n) is 6.39. The second-order valence-electron chi connectivity index (χ2n) is 9.50. The summed E-state index contributed by atoms with van der Waals surface area (Å²) in [6, 6.07) is 17.7. The minimum Gasteiger partial charge on any atom is -0.508 e. The monoisotopic (exact) mass is 618 g/mol. The Morgan fingerprint density at radius 1 is 0.930 bits per heavy atom. The molecule has 0 unspecified atom stereocenters. The molecule has 1 fully saturated rings. The summed E-state index contributed by atoms with van der Waals surface area (Å²) < 4.78 is 39.4. The lowest BCUT2D eigenvalue weighted by atomic mass is 9.98. The summed E-state index contributed by atoms with van der Waals surface area (Å²) in [6.45, 7) is -0.208. The molecule has 14 nitrogen and oxygen atoms in total. The first-order valence-corrected chi connectivity index (χ1v) is 14.5. The lowest BCUT2D eigenvalue weighted by molar-refractivity contribution is -0.273. The van der Waals surface area contributed by atoms with E-state index in [0.29, 0.717) is 13.0 Å². The van der Waals surface area contributed by atoms with Gasteiger partial charge in [0.05, 0.1) is 11.1 Å². The van der Waals surface area contributed by atoms with Crippen molar-refractivity contribution < 1.29 is 57.6 Å². The molecular weight excluding hydrogens is 587 g/mol. The molecule has 0 saturated carbocycles. The van der Waals surface area contributed by atoms with Crippen molar-refractivity contribution in [2.24, 2.45) is 5.73 Å². The second kappa shape index (κ2) is 14.0. The fourth-order valence-electron chi connectivity index (χ4n) is 4.27. The number of aliphatic hydroxyl groups excluding tert-OH is 1. The van der Waals surface area contributed by atoms with Gasteiger partial charge < -0.3 is 50.4 Å². The Morgan fingerprint density at radius 2 is 1.60 bits per heavy atom. The Balaban J connectivity index is 1.63.